The van der Waals surface area contributed by atoms with Gasteiger partial charge in [-0.1, -0.05) is 27.2 Å². The Labute approximate surface area is 136 Å². The number of benzene rings is 1. The van der Waals surface area contributed by atoms with Crippen molar-refractivity contribution in [3.63, 3.8) is 0 Å². The van der Waals surface area contributed by atoms with Crippen molar-refractivity contribution in [3.05, 3.63) is 40.6 Å². The Bertz CT molecular complexity index is 788. The normalized spacial score (nSPS) is 11.2. The van der Waals surface area contributed by atoms with Crippen molar-refractivity contribution in [3.8, 4) is 0 Å². The van der Waals surface area contributed by atoms with Gasteiger partial charge in [0, 0.05) is 10.5 Å². The van der Waals surface area contributed by atoms with E-state index in [1.807, 2.05) is 0 Å². The van der Waals surface area contributed by atoms with E-state index in [9.17, 15) is 13.2 Å². The second-order valence-corrected chi connectivity index (χ2v) is 7.44. The summed E-state index contributed by atoms with van der Waals surface area (Å²) in [5, 5.41) is 6.12. The lowest BCUT2D eigenvalue weighted by atomic mass is 10.3. The molecule has 0 bridgehead atoms. The Morgan fingerprint density at radius 3 is 2.68 bits per heavy atom. The molecule has 1 aromatic carbocycles. The number of sulfonamides is 1. The zero-order valence-corrected chi connectivity index (χ0v) is 14.3. The Kier molecular flexibility index (Phi) is 4.87. The van der Waals surface area contributed by atoms with Crippen molar-refractivity contribution in [2.45, 2.75) is 6.92 Å². The van der Waals surface area contributed by atoms with Crippen LogP contribution in [0.15, 0.2) is 39.3 Å². The molecule has 9 heteroatoms. The zero-order valence-electron chi connectivity index (χ0n) is 11.9. The SMILES string of the molecule is Cc1cc(NC(=O)CN(c2cccc(Br)c2)S(C)(=O)=O)no1. The number of rotatable bonds is 5. The average Bonchev–Trinajstić information content (AvgIpc) is 2.80. The molecule has 2 aromatic rings. The molecular weight excluding hydrogens is 374 g/mol. The minimum atomic E-state index is -3.61. The standard InChI is InChI=1S/C13H14BrN3O4S/c1-9-6-12(16-21-9)15-13(18)8-17(22(2,19)20)11-5-3-4-10(14)7-11/h3-7H,8H2,1-2H3,(H,15,16,18). The first-order chi connectivity index (χ1) is 10.3. The Balaban J connectivity index is 2.19. The van der Waals surface area contributed by atoms with Crippen molar-refractivity contribution in [1.29, 1.82) is 0 Å². The number of nitrogens with zero attached hydrogens (tertiary/aromatic N) is 2. The molecule has 118 valence electrons. The molecule has 0 unspecified atom stereocenters. The third kappa shape index (κ3) is 4.31. The maximum Gasteiger partial charge on any atom is 0.246 e. The van der Waals surface area contributed by atoms with Gasteiger partial charge in [-0.15, -0.1) is 0 Å². The van der Waals surface area contributed by atoms with Crippen LogP contribution >= 0.6 is 15.9 Å². The van der Waals surface area contributed by atoms with Gasteiger partial charge < -0.3 is 9.84 Å². The molecule has 0 aliphatic rings. The highest BCUT2D eigenvalue weighted by atomic mass is 79.9. The number of amides is 1. The largest absolute Gasteiger partial charge is 0.360 e. The molecule has 0 saturated carbocycles. The summed E-state index contributed by atoms with van der Waals surface area (Å²) < 4.78 is 30.4. The predicted molar refractivity (Wildman–Crippen MR) is 86.2 cm³/mol. The minimum Gasteiger partial charge on any atom is -0.360 e. The Morgan fingerprint density at radius 2 is 2.14 bits per heavy atom. The van der Waals surface area contributed by atoms with Gasteiger partial charge in [0.15, 0.2) is 5.82 Å². The first-order valence-corrected chi connectivity index (χ1v) is 8.86. The lowest BCUT2D eigenvalue weighted by molar-refractivity contribution is -0.114. The smallest absolute Gasteiger partial charge is 0.246 e. The Morgan fingerprint density at radius 1 is 1.41 bits per heavy atom. The van der Waals surface area contributed by atoms with E-state index in [1.54, 1.807) is 37.3 Å². The van der Waals surface area contributed by atoms with Gasteiger partial charge in [0.25, 0.3) is 0 Å². The topological polar surface area (TPSA) is 92.5 Å². The fraction of sp³-hybridized carbons (Fsp3) is 0.231. The summed E-state index contributed by atoms with van der Waals surface area (Å²) in [4.78, 5) is 12.0. The first-order valence-electron chi connectivity index (χ1n) is 6.22. The molecule has 0 aliphatic heterocycles. The van der Waals surface area contributed by atoms with Crippen LogP contribution in [0.2, 0.25) is 0 Å². The predicted octanol–water partition coefficient (Wildman–Crippen LogP) is 2.15. The van der Waals surface area contributed by atoms with Crippen molar-refractivity contribution < 1.29 is 17.7 Å². The second kappa shape index (κ2) is 6.49. The molecule has 0 aliphatic carbocycles. The van der Waals surface area contributed by atoms with Crippen LogP contribution in [0.3, 0.4) is 0 Å². The third-order valence-corrected chi connectivity index (χ3v) is 4.31. The summed E-state index contributed by atoms with van der Waals surface area (Å²) in [5.41, 5.74) is 0.392. The monoisotopic (exact) mass is 387 g/mol. The molecule has 0 spiro atoms. The quantitative estimate of drug-likeness (QED) is 0.848. The average molecular weight is 388 g/mol. The number of nitrogens with one attached hydrogen (secondary N) is 1. The van der Waals surface area contributed by atoms with Gasteiger partial charge in [-0.2, -0.15) is 0 Å². The number of hydrogen-bond acceptors (Lipinski definition) is 5. The molecule has 0 saturated heterocycles. The van der Waals surface area contributed by atoms with Gasteiger partial charge in [0.1, 0.15) is 12.3 Å². The van der Waals surface area contributed by atoms with Gasteiger partial charge in [-0.25, -0.2) is 8.42 Å². The maximum absolute atomic E-state index is 12.0. The van der Waals surface area contributed by atoms with E-state index in [-0.39, 0.29) is 12.4 Å². The third-order valence-electron chi connectivity index (χ3n) is 2.68. The highest BCUT2D eigenvalue weighted by molar-refractivity contribution is 9.10. The van der Waals surface area contributed by atoms with Gasteiger partial charge in [0.2, 0.25) is 15.9 Å². The van der Waals surface area contributed by atoms with Crippen LogP contribution in [-0.2, 0) is 14.8 Å². The summed E-state index contributed by atoms with van der Waals surface area (Å²) in [7, 11) is -3.61. The summed E-state index contributed by atoms with van der Waals surface area (Å²) >= 11 is 3.28. The van der Waals surface area contributed by atoms with E-state index in [1.165, 1.54) is 0 Å². The van der Waals surface area contributed by atoms with E-state index in [2.05, 4.69) is 26.4 Å². The van der Waals surface area contributed by atoms with E-state index in [0.717, 1.165) is 10.6 Å². The fourth-order valence-corrected chi connectivity index (χ4v) is 3.00. The van der Waals surface area contributed by atoms with Crippen molar-refractivity contribution in [2.24, 2.45) is 0 Å². The number of anilines is 2. The molecule has 1 amide bonds. The fourth-order valence-electron chi connectivity index (χ4n) is 1.77. The number of aryl methyl sites for hydroxylation is 1. The van der Waals surface area contributed by atoms with Crippen LogP contribution in [0.5, 0.6) is 0 Å². The second-order valence-electron chi connectivity index (χ2n) is 4.62. The molecule has 0 fully saturated rings. The zero-order chi connectivity index (χ0) is 16.3. The van der Waals surface area contributed by atoms with Crippen molar-refractivity contribution >= 4 is 43.4 Å². The minimum absolute atomic E-state index is 0.241. The molecule has 1 N–H and O–H groups in total. The van der Waals surface area contributed by atoms with Crippen LogP contribution in [0.25, 0.3) is 0 Å². The highest BCUT2D eigenvalue weighted by Crippen LogP contribution is 2.22. The van der Waals surface area contributed by atoms with Gasteiger partial charge in [0.05, 0.1) is 11.9 Å². The summed E-state index contributed by atoms with van der Waals surface area (Å²) in [6.07, 6.45) is 1.04. The lowest BCUT2D eigenvalue weighted by Crippen LogP contribution is -2.37. The number of carbonyl (C=O) groups is 1. The summed E-state index contributed by atoms with van der Waals surface area (Å²) in [6, 6.07) is 8.23. The van der Waals surface area contributed by atoms with Crippen LogP contribution in [0.4, 0.5) is 11.5 Å². The summed E-state index contributed by atoms with van der Waals surface area (Å²) in [5.74, 6) is 0.270. The first kappa shape index (κ1) is 16.5. The van der Waals surface area contributed by atoms with Crippen molar-refractivity contribution in [2.75, 3.05) is 22.4 Å². The lowest BCUT2D eigenvalue weighted by Gasteiger charge is -2.21. The van der Waals surface area contributed by atoms with Crippen LogP contribution in [0.1, 0.15) is 5.76 Å². The van der Waals surface area contributed by atoms with Crippen LogP contribution in [-0.4, -0.2) is 32.3 Å². The maximum atomic E-state index is 12.0. The van der Waals surface area contributed by atoms with E-state index >= 15 is 0 Å². The molecule has 0 radical (unpaired) electrons. The molecule has 7 nitrogen and oxygen atoms in total. The van der Waals surface area contributed by atoms with E-state index in [4.69, 9.17) is 4.52 Å². The number of hydrogen-bond donors (Lipinski definition) is 1. The Hall–Kier alpha value is -1.87. The van der Waals surface area contributed by atoms with Gasteiger partial charge in [-0.05, 0) is 25.1 Å². The molecular formula is C13H14BrN3O4S. The summed E-state index contributed by atoms with van der Waals surface area (Å²) in [6.45, 7) is 1.33. The number of halogens is 1. The highest BCUT2D eigenvalue weighted by Gasteiger charge is 2.21. The van der Waals surface area contributed by atoms with Gasteiger partial charge >= 0.3 is 0 Å². The number of carbonyl (C=O) groups excluding carboxylic acids is 1. The number of aromatic nitrogens is 1. The van der Waals surface area contributed by atoms with Crippen LogP contribution < -0.4 is 9.62 Å². The van der Waals surface area contributed by atoms with Crippen molar-refractivity contribution in [1.82, 2.24) is 5.16 Å². The molecule has 1 aromatic heterocycles. The molecule has 22 heavy (non-hydrogen) atoms. The van der Waals surface area contributed by atoms with Crippen LogP contribution in [0, 0.1) is 6.92 Å². The molecule has 0 atom stereocenters. The molecule has 2 rings (SSSR count). The van der Waals surface area contributed by atoms with E-state index in [0.29, 0.717) is 15.9 Å². The van der Waals surface area contributed by atoms with E-state index < -0.39 is 15.9 Å². The molecule has 1 heterocycles. The van der Waals surface area contributed by atoms with Gasteiger partial charge in [-0.3, -0.25) is 9.10 Å².